The molecule has 1 N–H and O–H groups in total. The number of benzene rings is 1. The van der Waals surface area contributed by atoms with E-state index in [1.165, 1.54) is 4.31 Å². The monoisotopic (exact) mass is 390 g/mol. The molecule has 2 aromatic heterocycles. The van der Waals surface area contributed by atoms with Gasteiger partial charge in [-0.2, -0.15) is 9.29 Å². The second kappa shape index (κ2) is 5.85. The maximum atomic E-state index is 12.9. The maximum absolute atomic E-state index is 12.9. The lowest BCUT2D eigenvalue weighted by molar-refractivity contribution is 0.0194. The SMILES string of the molecule is O=S(=O)(Cc1noc2ccccc12)N1CCC(O)(c2nc(C3CC3)no2)C1. The van der Waals surface area contributed by atoms with Crippen LogP contribution in [0.3, 0.4) is 0 Å². The highest BCUT2D eigenvalue weighted by atomic mass is 32.2. The van der Waals surface area contributed by atoms with Crippen molar-refractivity contribution in [2.45, 2.75) is 36.5 Å². The third-order valence-electron chi connectivity index (χ3n) is 5.16. The molecule has 142 valence electrons. The van der Waals surface area contributed by atoms with Crippen LogP contribution in [0.2, 0.25) is 0 Å². The Morgan fingerprint density at radius 2 is 2.04 bits per heavy atom. The van der Waals surface area contributed by atoms with E-state index in [0.717, 1.165) is 12.8 Å². The van der Waals surface area contributed by atoms with Crippen molar-refractivity contribution in [2.75, 3.05) is 13.1 Å². The zero-order valence-corrected chi connectivity index (χ0v) is 15.2. The Morgan fingerprint density at radius 3 is 2.85 bits per heavy atom. The van der Waals surface area contributed by atoms with E-state index in [4.69, 9.17) is 9.05 Å². The molecule has 1 saturated carbocycles. The molecule has 10 heteroatoms. The maximum Gasteiger partial charge on any atom is 0.260 e. The van der Waals surface area contributed by atoms with Gasteiger partial charge in [-0.05, 0) is 25.0 Å². The van der Waals surface area contributed by atoms with Gasteiger partial charge in [0.2, 0.25) is 10.0 Å². The number of fused-ring (bicyclic) bond motifs is 1. The van der Waals surface area contributed by atoms with Gasteiger partial charge in [0.05, 0.1) is 6.54 Å². The summed E-state index contributed by atoms with van der Waals surface area (Å²) in [6.45, 7) is 0.0627. The first-order chi connectivity index (χ1) is 12.9. The second-order valence-corrected chi connectivity index (χ2v) is 9.20. The smallest absolute Gasteiger partial charge is 0.260 e. The van der Waals surface area contributed by atoms with Crippen LogP contribution in [0, 0.1) is 0 Å². The molecule has 1 aliphatic heterocycles. The van der Waals surface area contributed by atoms with Gasteiger partial charge in [0.25, 0.3) is 5.89 Å². The van der Waals surface area contributed by atoms with Gasteiger partial charge >= 0.3 is 0 Å². The summed E-state index contributed by atoms with van der Waals surface area (Å²) in [5.41, 5.74) is -0.562. The molecule has 1 aliphatic carbocycles. The quantitative estimate of drug-likeness (QED) is 0.695. The zero-order chi connectivity index (χ0) is 18.6. The summed E-state index contributed by atoms with van der Waals surface area (Å²) in [5.74, 6) is 0.688. The summed E-state index contributed by atoms with van der Waals surface area (Å²) >= 11 is 0. The van der Waals surface area contributed by atoms with Gasteiger partial charge in [-0.1, -0.05) is 22.4 Å². The highest BCUT2D eigenvalue weighted by Gasteiger charge is 2.47. The van der Waals surface area contributed by atoms with Crippen molar-refractivity contribution < 1.29 is 22.6 Å². The largest absolute Gasteiger partial charge is 0.379 e. The summed E-state index contributed by atoms with van der Waals surface area (Å²) in [4.78, 5) is 4.28. The van der Waals surface area contributed by atoms with Crippen LogP contribution in [0.4, 0.5) is 0 Å². The molecule has 3 heterocycles. The van der Waals surface area contributed by atoms with Crippen molar-refractivity contribution in [3.63, 3.8) is 0 Å². The van der Waals surface area contributed by atoms with E-state index in [1.807, 2.05) is 0 Å². The van der Waals surface area contributed by atoms with Crippen molar-refractivity contribution in [3.05, 3.63) is 41.7 Å². The Bertz CT molecular complexity index is 1100. The first kappa shape index (κ1) is 16.8. The highest BCUT2D eigenvalue weighted by molar-refractivity contribution is 7.88. The molecule has 3 aromatic rings. The Balaban J connectivity index is 1.36. The van der Waals surface area contributed by atoms with Crippen LogP contribution in [-0.2, 0) is 21.4 Å². The summed E-state index contributed by atoms with van der Waals surface area (Å²) in [6, 6.07) is 7.11. The molecule has 5 rings (SSSR count). The number of rotatable bonds is 5. The fourth-order valence-corrected chi connectivity index (χ4v) is 4.93. The second-order valence-electron chi connectivity index (χ2n) is 7.23. The van der Waals surface area contributed by atoms with Crippen molar-refractivity contribution in [3.8, 4) is 0 Å². The van der Waals surface area contributed by atoms with Gasteiger partial charge in [-0.3, -0.25) is 0 Å². The third-order valence-corrected chi connectivity index (χ3v) is 6.90. The molecule has 1 saturated heterocycles. The van der Waals surface area contributed by atoms with Gasteiger partial charge in [0.1, 0.15) is 11.4 Å². The summed E-state index contributed by atoms with van der Waals surface area (Å²) < 4.78 is 37.4. The molecular formula is C17H18N4O5S. The zero-order valence-electron chi connectivity index (χ0n) is 14.4. The third kappa shape index (κ3) is 2.93. The van der Waals surface area contributed by atoms with E-state index in [0.29, 0.717) is 28.4 Å². The molecule has 0 radical (unpaired) electrons. The molecule has 0 bridgehead atoms. The fraction of sp³-hybridized carbons (Fsp3) is 0.471. The van der Waals surface area contributed by atoms with E-state index >= 15 is 0 Å². The molecule has 1 unspecified atom stereocenters. The number of β-amino-alcohol motifs (C(OH)–C–C–N with tert-alkyl or cyclic N) is 1. The minimum atomic E-state index is -3.69. The van der Waals surface area contributed by atoms with Gasteiger partial charge in [-0.25, -0.2) is 8.42 Å². The van der Waals surface area contributed by atoms with Crippen LogP contribution >= 0.6 is 0 Å². The molecule has 1 aromatic carbocycles. The predicted molar refractivity (Wildman–Crippen MR) is 93.0 cm³/mol. The Morgan fingerprint density at radius 1 is 1.22 bits per heavy atom. The number of aliphatic hydroxyl groups is 1. The number of para-hydroxylation sites is 1. The van der Waals surface area contributed by atoms with Gasteiger partial charge < -0.3 is 14.2 Å². The van der Waals surface area contributed by atoms with E-state index in [2.05, 4.69) is 15.3 Å². The summed E-state index contributed by atoms with van der Waals surface area (Å²) in [7, 11) is -3.69. The molecule has 0 spiro atoms. The molecule has 27 heavy (non-hydrogen) atoms. The average molecular weight is 390 g/mol. The normalized spacial score (nSPS) is 24.0. The molecule has 2 aliphatic rings. The first-order valence-corrected chi connectivity index (χ1v) is 10.4. The van der Waals surface area contributed by atoms with Crippen molar-refractivity contribution in [1.29, 1.82) is 0 Å². The van der Waals surface area contributed by atoms with Crippen LogP contribution in [0.15, 0.2) is 33.3 Å². The number of sulfonamides is 1. The molecule has 9 nitrogen and oxygen atoms in total. The lowest BCUT2D eigenvalue weighted by Gasteiger charge is -2.19. The van der Waals surface area contributed by atoms with E-state index < -0.39 is 15.6 Å². The predicted octanol–water partition coefficient (Wildman–Crippen LogP) is 1.51. The number of hydrogen-bond acceptors (Lipinski definition) is 8. The molecule has 1 atom stereocenters. The molecule has 0 amide bonds. The lowest BCUT2D eigenvalue weighted by atomic mass is 10.0. The number of nitrogens with zero attached hydrogens (tertiary/aromatic N) is 4. The topological polar surface area (TPSA) is 123 Å². The van der Waals surface area contributed by atoms with E-state index in [9.17, 15) is 13.5 Å². The highest BCUT2D eigenvalue weighted by Crippen LogP contribution is 2.40. The fourth-order valence-electron chi connectivity index (χ4n) is 3.41. The van der Waals surface area contributed by atoms with Crippen molar-refractivity contribution in [1.82, 2.24) is 19.6 Å². The Hall–Kier alpha value is -2.30. The molecular weight excluding hydrogens is 372 g/mol. The Labute approximate surface area is 155 Å². The summed E-state index contributed by atoms with van der Waals surface area (Å²) in [6.07, 6.45) is 2.24. The van der Waals surface area contributed by atoms with Gasteiger partial charge in [-0.15, -0.1) is 0 Å². The lowest BCUT2D eigenvalue weighted by Crippen LogP contribution is -2.35. The van der Waals surface area contributed by atoms with Gasteiger partial charge in [0, 0.05) is 24.3 Å². The van der Waals surface area contributed by atoms with Crippen LogP contribution in [0.5, 0.6) is 0 Å². The Kier molecular flexibility index (Phi) is 3.65. The van der Waals surface area contributed by atoms with Crippen molar-refractivity contribution >= 4 is 21.0 Å². The minimum Gasteiger partial charge on any atom is -0.379 e. The van der Waals surface area contributed by atoms with Crippen LogP contribution < -0.4 is 0 Å². The van der Waals surface area contributed by atoms with Crippen LogP contribution in [-0.4, -0.2) is 46.2 Å². The van der Waals surface area contributed by atoms with Crippen molar-refractivity contribution in [2.24, 2.45) is 0 Å². The summed E-state index contributed by atoms with van der Waals surface area (Å²) in [5, 5.41) is 19.3. The minimum absolute atomic E-state index is 0.0917. The van der Waals surface area contributed by atoms with E-state index in [-0.39, 0.29) is 31.2 Å². The standard InChI is InChI=1S/C17H18N4O5S/c22-17(16-18-15(20-26-16)11-5-6-11)7-8-21(10-17)27(23,24)9-13-12-3-1-2-4-14(12)25-19-13/h1-4,11,22H,5-10H2. The number of hydrogen-bond donors (Lipinski definition) is 1. The van der Waals surface area contributed by atoms with E-state index in [1.54, 1.807) is 24.3 Å². The van der Waals surface area contributed by atoms with Gasteiger partial charge in [0.15, 0.2) is 17.0 Å². The average Bonchev–Trinajstić information content (AvgIpc) is 3.07. The number of aromatic nitrogens is 3. The molecule has 2 fully saturated rings. The van der Waals surface area contributed by atoms with Crippen LogP contribution in [0.25, 0.3) is 11.0 Å². The first-order valence-electron chi connectivity index (χ1n) is 8.82. The van der Waals surface area contributed by atoms with Crippen LogP contribution in [0.1, 0.15) is 42.6 Å².